The SMILES string of the molecule is CC1CCC(C2COC3=C(c4c(ccc5c4CCCC5)OC2)C2CCCCC2C=C3)CC1. The summed E-state index contributed by atoms with van der Waals surface area (Å²) in [6, 6.07) is 4.69. The summed E-state index contributed by atoms with van der Waals surface area (Å²) in [6.45, 7) is 4.04. The third-order valence-electron chi connectivity index (χ3n) is 9.35. The Hall–Kier alpha value is -1.70. The third-order valence-corrected chi connectivity index (χ3v) is 9.35. The van der Waals surface area contributed by atoms with Gasteiger partial charge in [-0.15, -0.1) is 0 Å². The molecule has 1 aromatic rings. The van der Waals surface area contributed by atoms with E-state index in [0.717, 1.165) is 30.8 Å². The summed E-state index contributed by atoms with van der Waals surface area (Å²) in [4.78, 5) is 0. The summed E-state index contributed by atoms with van der Waals surface area (Å²) in [5.74, 6) is 5.72. The Kier molecular flexibility index (Phi) is 5.82. The van der Waals surface area contributed by atoms with Crippen molar-refractivity contribution in [3.8, 4) is 5.75 Å². The average molecular weight is 433 g/mol. The van der Waals surface area contributed by atoms with E-state index in [4.69, 9.17) is 9.47 Å². The van der Waals surface area contributed by atoms with Gasteiger partial charge < -0.3 is 9.47 Å². The summed E-state index contributed by atoms with van der Waals surface area (Å²) in [5, 5.41) is 0. The molecule has 5 aliphatic rings. The highest BCUT2D eigenvalue weighted by molar-refractivity contribution is 5.80. The number of aryl methyl sites for hydroxylation is 1. The first-order valence-electron chi connectivity index (χ1n) is 13.6. The molecule has 3 unspecified atom stereocenters. The van der Waals surface area contributed by atoms with Gasteiger partial charge in [-0.05, 0) is 98.3 Å². The molecule has 0 radical (unpaired) electrons. The van der Waals surface area contributed by atoms with Crippen LogP contribution in [0.25, 0.3) is 5.57 Å². The van der Waals surface area contributed by atoms with Crippen molar-refractivity contribution in [1.82, 2.24) is 0 Å². The molecule has 6 rings (SSSR count). The molecule has 0 bridgehead atoms. The molecule has 4 aliphatic carbocycles. The van der Waals surface area contributed by atoms with E-state index in [1.54, 1.807) is 11.1 Å². The van der Waals surface area contributed by atoms with E-state index in [2.05, 4.69) is 31.2 Å². The Balaban J connectivity index is 1.42. The van der Waals surface area contributed by atoms with Gasteiger partial charge in [0.25, 0.3) is 0 Å². The van der Waals surface area contributed by atoms with Crippen LogP contribution in [-0.4, -0.2) is 13.2 Å². The first-order valence-corrected chi connectivity index (χ1v) is 13.6. The van der Waals surface area contributed by atoms with E-state index >= 15 is 0 Å². The molecule has 0 N–H and O–H groups in total. The number of rotatable bonds is 1. The standard InChI is InChI=1S/C30H40O2/c1-20-10-12-21(13-11-20)24-18-31-27-16-14-22-6-2-4-8-25(22)29(27)30-26-9-5-3-7-23(26)15-17-28(30)32-19-24/h14-17,20-22,24-25H,2-13,18-19H2,1H3. The smallest absolute Gasteiger partial charge is 0.127 e. The molecule has 0 amide bonds. The number of ether oxygens (including phenoxy) is 2. The number of hydrogen-bond donors (Lipinski definition) is 0. The summed E-state index contributed by atoms with van der Waals surface area (Å²) < 4.78 is 13.5. The van der Waals surface area contributed by atoms with Crippen LogP contribution in [0, 0.1) is 29.6 Å². The molecule has 2 fully saturated rings. The molecular formula is C30H40O2. The maximum absolute atomic E-state index is 6.77. The van der Waals surface area contributed by atoms with Crippen molar-refractivity contribution in [3.63, 3.8) is 0 Å². The molecule has 2 nitrogen and oxygen atoms in total. The summed E-state index contributed by atoms with van der Waals surface area (Å²) >= 11 is 0. The van der Waals surface area contributed by atoms with Crippen LogP contribution in [0.15, 0.2) is 30.0 Å². The van der Waals surface area contributed by atoms with Gasteiger partial charge in [-0.25, -0.2) is 0 Å². The normalized spacial score (nSPS) is 34.5. The highest BCUT2D eigenvalue weighted by atomic mass is 16.5. The molecule has 1 aliphatic heterocycles. The van der Waals surface area contributed by atoms with Gasteiger partial charge in [0.2, 0.25) is 0 Å². The average Bonchev–Trinajstić information content (AvgIpc) is 2.92. The highest BCUT2D eigenvalue weighted by Crippen LogP contribution is 2.50. The first-order chi connectivity index (χ1) is 15.8. The minimum atomic E-state index is 0.496. The molecule has 1 heterocycles. The van der Waals surface area contributed by atoms with Crippen LogP contribution in [0.3, 0.4) is 0 Å². The van der Waals surface area contributed by atoms with Gasteiger partial charge >= 0.3 is 0 Å². The van der Waals surface area contributed by atoms with Crippen molar-refractivity contribution in [2.45, 2.75) is 84.0 Å². The van der Waals surface area contributed by atoms with E-state index in [1.165, 1.54) is 93.9 Å². The van der Waals surface area contributed by atoms with E-state index in [0.29, 0.717) is 17.8 Å². The number of fused-ring (bicyclic) bond motifs is 6. The van der Waals surface area contributed by atoms with E-state index in [-0.39, 0.29) is 0 Å². The Labute approximate surface area is 194 Å². The van der Waals surface area contributed by atoms with Gasteiger partial charge in [-0.3, -0.25) is 0 Å². The Morgan fingerprint density at radius 1 is 0.781 bits per heavy atom. The number of benzene rings is 1. The monoisotopic (exact) mass is 432 g/mol. The molecule has 3 atom stereocenters. The van der Waals surface area contributed by atoms with Crippen LogP contribution >= 0.6 is 0 Å². The van der Waals surface area contributed by atoms with Crippen LogP contribution in [0.1, 0.15) is 87.8 Å². The minimum absolute atomic E-state index is 0.496. The topological polar surface area (TPSA) is 18.5 Å². The lowest BCUT2D eigenvalue weighted by Gasteiger charge is -2.37. The molecular weight excluding hydrogens is 392 g/mol. The number of allylic oxidation sites excluding steroid dienone is 3. The van der Waals surface area contributed by atoms with Crippen LogP contribution in [-0.2, 0) is 17.6 Å². The maximum Gasteiger partial charge on any atom is 0.127 e. The second-order valence-corrected chi connectivity index (χ2v) is 11.4. The first kappa shape index (κ1) is 20.9. The predicted molar refractivity (Wildman–Crippen MR) is 131 cm³/mol. The summed E-state index contributed by atoms with van der Waals surface area (Å²) in [7, 11) is 0. The van der Waals surface area contributed by atoms with Gasteiger partial charge in [0.05, 0.1) is 13.2 Å². The van der Waals surface area contributed by atoms with Crippen molar-refractivity contribution in [2.24, 2.45) is 29.6 Å². The lowest BCUT2D eigenvalue weighted by molar-refractivity contribution is 0.0751. The fourth-order valence-electron chi connectivity index (χ4n) is 7.36. The lowest BCUT2D eigenvalue weighted by atomic mass is 9.69. The van der Waals surface area contributed by atoms with Crippen molar-refractivity contribution >= 4 is 5.57 Å². The zero-order chi connectivity index (χ0) is 21.5. The number of hydrogen-bond acceptors (Lipinski definition) is 2. The second kappa shape index (κ2) is 8.92. The lowest BCUT2D eigenvalue weighted by Crippen LogP contribution is -2.29. The maximum atomic E-state index is 6.77. The molecule has 32 heavy (non-hydrogen) atoms. The zero-order valence-corrected chi connectivity index (χ0v) is 19.9. The molecule has 2 saturated carbocycles. The van der Waals surface area contributed by atoms with Gasteiger partial charge in [0.1, 0.15) is 11.5 Å². The molecule has 0 aromatic heterocycles. The zero-order valence-electron chi connectivity index (χ0n) is 19.9. The van der Waals surface area contributed by atoms with E-state index in [1.807, 2.05) is 0 Å². The van der Waals surface area contributed by atoms with Gasteiger partial charge in [0.15, 0.2) is 0 Å². The Morgan fingerprint density at radius 3 is 2.50 bits per heavy atom. The van der Waals surface area contributed by atoms with Crippen molar-refractivity contribution in [1.29, 1.82) is 0 Å². The van der Waals surface area contributed by atoms with E-state index < -0.39 is 0 Å². The third kappa shape index (κ3) is 3.82. The molecule has 172 valence electrons. The largest absolute Gasteiger partial charge is 0.493 e. The fourth-order valence-corrected chi connectivity index (χ4v) is 7.36. The van der Waals surface area contributed by atoms with Crippen molar-refractivity contribution in [2.75, 3.05) is 13.2 Å². The van der Waals surface area contributed by atoms with Crippen molar-refractivity contribution < 1.29 is 9.47 Å². The Morgan fingerprint density at radius 2 is 1.59 bits per heavy atom. The molecule has 2 heteroatoms. The Bertz CT molecular complexity index is 902. The van der Waals surface area contributed by atoms with E-state index in [9.17, 15) is 0 Å². The fraction of sp³-hybridized carbons (Fsp3) is 0.667. The molecule has 1 aromatic carbocycles. The minimum Gasteiger partial charge on any atom is -0.493 e. The quantitative estimate of drug-likeness (QED) is 0.457. The van der Waals surface area contributed by atoms with Gasteiger partial charge in [0, 0.05) is 17.1 Å². The second-order valence-electron chi connectivity index (χ2n) is 11.4. The van der Waals surface area contributed by atoms with Crippen LogP contribution < -0.4 is 4.74 Å². The van der Waals surface area contributed by atoms with Crippen molar-refractivity contribution in [3.05, 3.63) is 46.7 Å². The van der Waals surface area contributed by atoms with Gasteiger partial charge in [-0.1, -0.05) is 44.7 Å². The summed E-state index contributed by atoms with van der Waals surface area (Å²) in [5.41, 5.74) is 6.08. The van der Waals surface area contributed by atoms with Crippen LogP contribution in [0.4, 0.5) is 0 Å². The highest BCUT2D eigenvalue weighted by Gasteiger charge is 2.37. The predicted octanol–water partition coefficient (Wildman–Crippen LogP) is 7.50. The van der Waals surface area contributed by atoms with Gasteiger partial charge in [-0.2, -0.15) is 0 Å². The van der Waals surface area contributed by atoms with Crippen LogP contribution in [0.5, 0.6) is 5.75 Å². The molecule has 0 spiro atoms. The van der Waals surface area contributed by atoms with Crippen LogP contribution in [0.2, 0.25) is 0 Å². The molecule has 0 saturated heterocycles. The summed E-state index contributed by atoms with van der Waals surface area (Å²) in [6.07, 6.45) is 20.6.